The van der Waals surface area contributed by atoms with E-state index in [9.17, 15) is 0 Å². The van der Waals surface area contributed by atoms with Gasteiger partial charge in [-0.25, -0.2) is 0 Å². The average molecular weight is 869 g/mol. The summed E-state index contributed by atoms with van der Waals surface area (Å²) in [5.74, 6) is 0. The molecule has 0 amide bonds. The van der Waals surface area contributed by atoms with Gasteiger partial charge in [-0.2, -0.15) is 0 Å². The molecule has 12 aromatic carbocycles. The lowest BCUT2D eigenvalue weighted by Gasteiger charge is -2.33. The van der Waals surface area contributed by atoms with Crippen LogP contribution < -0.4 is 9.80 Å². The van der Waals surface area contributed by atoms with Gasteiger partial charge in [0.15, 0.2) is 0 Å². The van der Waals surface area contributed by atoms with Gasteiger partial charge in [0.25, 0.3) is 0 Å². The molecule has 0 saturated carbocycles. The SMILES string of the molecule is Cc1c(-c2ccccc2)ccc(-c2ccccc2)c1N(c1ccccc1)c1ccc2ccc3c(N(c4ccccc4)c4c(-c5ccccc5)ccc(-c5ccccc5)c4C)ccc4ccc1c2c43. The Bertz CT molecular complexity index is 3470. The van der Waals surface area contributed by atoms with Crippen molar-refractivity contribution in [3.8, 4) is 44.5 Å². The molecule has 0 atom stereocenters. The van der Waals surface area contributed by atoms with E-state index in [1.807, 2.05) is 0 Å². The lowest BCUT2D eigenvalue weighted by molar-refractivity contribution is 1.26. The summed E-state index contributed by atoms with van der Waals surface area (Å²) in [4.78, 5) is 5.02. The second kappa shape index (κ2) is 17.3. The van der Waals surface area contributed by atoms with Crippen LogP contribution in [0, 0.1) is 13.8 Å². The van der Waals surface area contributed by atoms with E-state index in [4.69, 9.17) is 0 Å². The van der Waals surface area contributed by atoms with E-state index in [0.717, 1.165) is 34.1 Å². The topological polar surface area (TPSA) is 6.48 Å². The molecule has 322 valence electrons. The van der Waals surface area contributed by atoms with Crippen LogP contribution in [0.3, 0.4) is 0 Å². The summed E-state index contributed by atoms with van der Waals surface area (Å²) >= 11 is 0. The maximum Gasteiger partial charge on any atom is 0.0575 e. The van der Waals surface area contributed by atoms with E-state index in [1.54, 1.807) is 0 Å². The number of nitrogens with zero attached hydrogens (tertiary/aromatic N) is 2. The van der Waals surface area contributed by atoms with Crippen LogP contribution in [0.15, 0.2) is 255 Å². The van der Waals surface area contributed by atoms with Gasteiger partial charge >= 0.3 is 0 Å². The van der Waals surface area contributed by atoms with Gasteiger partial charge in [0.05, 0.1) is 22.7 Å². The number of benzene rings is 12. The summed E-state index contributed by atoms with van der Waals surface area (Å²) in [6, 6.07) is 93.0. The number of hydrogen-bond donors (Lipinski definition) is 0. The molecule has 0 N–H and O–H groups in total. The van der Waals surface area contributed by atoms with Crippen LogP contribution in [-0.4, -0.2) is 0 Å². The van der Waals surface area contributed by atoms with Crippen LogP contribution in [0.2, 0.25) is 0 Å². The van der Waals surface area contributed by atoms with E-state index < -0.39 is 0 Å². The minimum Gasteiger partial charge on any atom is -0.309 e. The first-order valence-electron chi connectivity index (χ1n) is 23.5. The van der Waals surface area contributed by atoms with Crippen LogP contribution in [0.4, 0.5) is 34.1 Å². The second-order valence-corrected chi connectivity index (χ2v) is 17.7. The van der Waals surface area contributed by atoms with E-state index in [1.165, 1.54) is 88.0 Å². The molecule has 0 saturated heterocycles. The third-order valence-electron chi connectivity index (χ3n) is 13.8. The van der Waals surface area contributed by atoms with Crippen molar-refractivity contribution in [1.29, 1.82) is 0 Å². The molecule has 68 heavy (non-hydrogen) atoms. The molecule has 0 aromatic heterocycles. The zero-order chi connectivity index (χ0) is 45.6. The Hall–Kier alpha value is -8.72. The van der Waals surface area contributed by atoms with Crippen LogP contribution in [0.25, 0.3) is 76.8 Å². The Labute approximate surface area is 398 Å². The molecule has 0 aliphatic heterocycles. The van der Waals surface area contributed by atoms with Gasteiger partial charge in [-0.15, -0.1) is 0 Å². The predicted octanol–water partition coefficient (Wildman–Crippen LogP) is 18.8. The van der Waals surface area contributed by atoms with E-state index in [2.05, 4.69) is 278 Å². The Morgan fingerprint density at radius 1 is 0.250 bits per heavy atom. The highest BCUT2D eigenvalue weighted by atomic mass is 15.2. The normalized spacial score (nSPS) is 11.4. The van der Waals surface area contributed by atoms with Crippen molar-refractivity contribution in [2.75, 3.05) is 9.80 Å². The summed E-state index contributed by atoms with van der Waals surface area (Å²) in [5.41, 5.74) is 18.8. The molecule has 12 rings (SSSR count). The molecule has 0 aliphatic carbocycles. The van der Waals surface area contributed by atoms with Crippen molar-refractivity contribution in [2.45, 2.75) is 13.8 Å². The van der Waals surface area contributed by atoms with Gasteiger partial charge < -0.3 is 9.80 Å². The van der Waals surface area contributed by atoms with Crippen molar-refractivity contribution < 1.29 is 0 Å². The molecule has 0 unspecified atom stereocenters. The molecule has 0 bridgehead atoms. The van der Waals surface area contributed by atoms with Crippen molar-refractivity contribution >= 4 is 66.4 Å². The number of para-hydroxylation sites is 2. The first-order chi connectivity index (χ1) is 33.6. The predicted molar refractivity (Wildman–Crippen MR) is 291 cm³/mol. The minimum absolute atomic E-state index is 1.10. The average Bonchev–Trinajstić information content (AvgIpc) is 3.41. The third-order valence-corrected chi connectivity index (χ3v) is 13.8. The summed E-state index contributed by atoms with van der Waals surface area (Å²) in [5, 5.41) is 7.33. The highest BCUT2D eigenvalue weighted by Gasteiger charge is 2.27. The molecule has 12 aromatic rings. The second-order valence-electron chi connectivity index (χ2n) is 17.7. The fourth-order valence-electron chi connectivity index (χ4n) is 10.6. The molecule has 0 aliphatic rings. The Morgan fingerprint density at radius 2 is 0.529 bits per heavy atom. The van der Waals surface area contributed by atoms with Crippen molar-refractivity contribution in [2.24, 2.45) is 0 Å². The highest BCUT2D eigenvalue weighted by Crippen LogP contribution is 2.52. The van der Waals surface area contributed by atoms with Crippen molar-refractivity contribution in [3.63, 3.8) is 0 Å². The van der Waals surface area contributed by atoms with Gasteiger partial charge in [0.1, 0.15) is 0 Å². The number of hydrogen-bond acceptors (Lipinski definition) is 2. The standard InChI is InChI=1S/C66H48N2/c1-45-55(47-21-9-3-10-22-47)39-41-57(49-25-13-5-14-26-49)65(45)67(53-29-17-7-18-30-53)61-43-35-51-34-38-60-62(44-36-52-33-37-59(61)63(51)64(52)60)68(54-31-19-8-20-32-54)66-46(2)56(48-23-11-4-12-24-48)40-42-58(66)50-27-15-6-16-28-50/h3-44H,1-2H3. The van der Waals surface area contributed by atoms with Gasteiger partial charge in [-0.05, 0) is 116 Å². The van der Waals surface area contributed by atoms with Crippen molar-refractivity contribution in [1.82, 2.24) is 0 Å². The highest BCUT2D eigenvalue weighted by molar-refractivity contribution is 6.28. The fourth-order valence-corrected chi connectivity index (χ4v) is 10.6. The summed E-state index contributed by atoms with van der Waals surface area (Å²) < 4.78 is 0. The molecule has 0 fully saturated rings. The van der Waals surface area contributed by atoms with Gasteiger partial charge in [-0.1, -0.05) is 218 Å². The smallest absolute Gasteiger partial charge is 0.0575 e. The number of rotatable bonds is 10. The number of anilines is 6. The zero-order valence-electron chi connectivity index (χ0n) is 38.1. The summed E-state index contributed by atoms with van der Waals surface area (Å²) in [6.07, 6.45) is 0. The molecule has 2 nitrogen and oxygen atoms in total. The van der Waals surface area contributed by atoms with Gasteiger partial charge in [0.2, 0.25) is 0 Å². The zero-order valence-corrected chi connectivity index (χ0v) is 38.1. The molecular formula is C66H48N2. The minimum atomic E-state index is 1.10. The Balaban J connectivity index is 1.14. The maximum atomic E-state index is 2.51. The monoisotopic (exact) mass is 868 g/mol. The molecular weight excluding hydrogens is 821 g/mol. The van der Waals surface area contributed by atoms with Gasteiger partial charge in [-0.3, -0.25) is 0 Å². The third kappa shape index (κ3) is 6.98. The summed E-state index contributed by atoms with van der Waals surface area (Å²) in [6.45, 7) is 4.58. The van der Waals surface area contributed by atoms with Crippen LogP contribution >= 0.6 is 0 Å². The quantitative estimate of drug-likeness (QED) is 0.126. The first-order valence-corrected chi connectivity index (χ1v) is 23.5. The lowest BCUT2D eigenvalue weighted by atomic mass is 9.89. The largest absolute Gasteiger partial charge is 0.309 e. The lowest BCUT2D eigenvalue weighted by Crippen LogP contribution is -2.14. The Morgan fingerprint density at radius 3 is 0.868 bits per heavy atom. The van der Waals surface area contributed by atoms with Crippen LogP contribution in [0.1, 0.15) is 11.1 Å². The van der Waals surface area contributed by atoms with Crippen LogP contribution in [-0.2, 0) is 0 Å². The van der Waals surface area contributed by atoms with E-state index in [0.29, 0.717) is 0 Å². The molecule has 0 radical (unpaired) electrons. The van der Waals surface area contributed by atoms with Gasteiger partial charge in [0, 0.05) is 33.3 Å². The first kappa shape index (κ1) is 40.8. The maximum absolute atomic E-state index is 2.51. The Kier molecular flexibility index (Phi) is 10.3. The van der Waals surface area contributed by atoms with Crippen LogP contribution in [0.5, 0.6) is 0 Å². The molecule has 2 heteroatoms. The van der Waals surface area contributed by atoms with E-state index in [-0.39, 0.29) is 0 Å². The summed E-state index contributed by atoms with van der Waals surface area (Å²) in [7, 11) is 0. The fraction of sp³-hybridized carbons (Fsp3) is 0.0303. The molecule has 0 heterocycles. The van der Waals surface area contributed by atoms with E-state index >= 15 is 0 Å². The van der Waals surface area contributed by atoms with Crippen molar-refractivity contribution in [3.05, 3.63) is 266 Å². The molecule has 0 spiro atoms.